The number of rotatable bonds is 1. The maximum atomic E-state index is 11.2. The molecule has 14 heavy (non-hydrogen) atoms. The first kappa shape index (κ1) is 10.2. The number of nitrogens with zero attached hydrogens (tertiary/aromatic N) is 1. The van der Waals surface area contributed by atoms with Crippen LogP contribution in [-0.4, -0.2) is 38.6 Å². The summed E-state index contributed by atoms with van der Waals surface area (Å²) in [7, 11) is 0. The van der Waals surface area contributed by atoms with Crippen LogP contribution >= 0.6 is 0 Å². The molecule has 1 heterocycles. The molecule has 0 radical (unpaired) electrons. The van der Waals surface area contributed by atoms with E-state index in [4.69, 9.17) is 10.2 Å². The third kappa shape index (κ3) is 1.34. The van der Waals surface area contributed by atoms with E-state index in [9.17, 15) is 14.4 Å². The molecule has 6 nitrogen and oxygen atoms in total. The number of hydrogen-bond acceptors (Lipinski definition) is 3. The molecule has 0 aliphatic carbocycles. The molecule has 76 valence electrons. The fourth-order valence-corrected chi connectivity index (χ4v) is 1.29. The van der Waals surface area contributed by atoms with Crippen LogP contribution in [0.5, 0.6) is 0 Å². The van der Waals surface area contributed by atoms with Crippen LogP contribution in [0.25, 0.3) is 0 Å². The lowest BCUT2D eigenvalue weighted by Crippen LogP contribution is -2.58. The molecule has 0 saturated carbocycles. The van der Waals surface area contributed by atoms with Crippen molar-refractivity contribution in [2.75, 3.05) is 0 Å². The molecule has 6 heteroatoms. The topological polar surface area (TPSA) is 94.9 Å². The lowest BCUT2D eigenvalue weighted by atomic mass is 9.92. The molecule has 0 aromatic carbocycles. The van der Waals surface area contributed by atoms with Gasteiger partial charge in [0.05, 0.1) is 0 Å². The van der Waals surface area contributed by atoms with Crippen molar-refractivity contribution in [3.05, 3.63) is 12.2 Å². The van der Waals surface area contributed by atoms with E-state index < -0.39 is 23.5 Å². The summed E-state index contributed by atoms with van der Waals surface area (Å²) in [4.78, 5) is 33.0. The van der Waals surface area contributed by atoms with Gasteiger partial charge in [0.2, 0.25) is 0 Å². The average molecular weight is 199 g/mol. The summed E-state index contributed by atoms with van der Waals surface area (Å²) in [6, 6.07) is 0. The van der Waals surface area contributed by atoms with E-state index in [2.05, 4.69) is 0 Å². The molecular weight excluding hydrogens is 190 g/mol. The van der Waals surface area contributed by atoms with E-state index >= 15 is 0 Å². The zero-order valence-electron chi connectivity index (χ0n) is 7.43. The highest BCUT2D eigenvalue weighted by atomic mass is 16.4. The highest BCUT2D eigenvalue weighted by Gasteiger charge is 2.46. The van der Waals surface area contributed by atoms with Crippen LogP contribution in [0.15, 0.2) is 12.2 Å². The van der Waals surface area contributed by atoms with Crippen LogP contribution in [-0.2, 0) is 9.59 Å². The highest BCUT2D eigenvalue weighted by Crippen LogP contribution is 2.25. The minimum Gasteiger partial charge on any atom is -0.479 e. The predicted octanol–water partition coefficient (Wildman–Crippen LogP) is 0.296. The van der Waals surface area contributed by atoms with E-state index in [1.807, 2.05) is 0 Å². The van der Waals surface area contributed by atoms with Crippen molar-refractivity contribution in [2.24, 2.45) is 0 Å². The van der Waals surface area contributed by atoms with Crippen molar-refractivity contribution in [2.45, 2.75) is 18.9 Å². The summed E-state index contributed by atoms with van der Waals surface area (Å²) in [6.45, 7) is 1.20. The number of imide groups is 1. The quantitative estimate of drug-likeness (QED) is 0.633. The fourth-order valence-electron chi connectivity index (χ4n) is 1.29. The number of carboxylic acid groups (broad SMARTS) is 2. The molecule has 0 unspecified atom stereocenters. The number of aliphatic carboxylic acids is 1. The third-order valence-corrected chi connectivity index (χ3v) is 2.14. The van der Waals surface area contributed by atoms with E-state index in [1.165, 1.54) is 13.0 Å². The Morgan fingerprint density at radius 1 is 1.50 bits per heavy atom. The zero-order chi connectivity index (χ0) is 10.9. The van der Waals surface area contributed by atoms with Gasteiger partial charge in [0, 0.05) is 6.42 Å². The highest BCUT2D eigenvalue weighted by molar-refractivity contribution is 6.04. The maximum Gasteiger partial charge on any atom is 0.415 e. The lowest BCUT2D eigenvalue weighted by Gasteiger charge is -2.34. The first-order valence-corrected chi connectivity index (χ1v) is 3.86. The van der Waals surface area contributed by atoms with Crippen molar-refractivity contribution in [1.82, 2.24) is 4.90 Å². The minimum absolute atomic E-state index is 0.0135. The minimum atomic E-state index is -1.70. The smallest absolute Gasteiger partial charge is 0.415 e. The Morgan fingerprint density at radius 3 is 2.43 bits per heavy atom. The van der Waals surface area contributed by atoms with Crippen molar-refractivity contribution in [1.29, 1.82) is 0 Å². The summed E-state index contributed by atoms with van der Waals surface area (Å²) >= 11 is 0. The van der Waals surface area contributed by atoms with Gasteiger partial charge in [-0.2, -0.15) is 0 Å². The number of carbonyl (C=O) groups is 3. The average Bonchev–Trinajstić information content (AvgIpc) is 2.02. The Balaban J connectivity index is 3.18. The molecule has 1 rings (SSSR count). The van der Waals surface area contributed by atoms with E-state index in [-0.39, 0.29) is 6.42 Å². The Morgan fingerprint density at radius 2 is 2.07 bits per heavy atom. The largest absolute Gasteiger partial charge is 0.479 e. The van der Waals surface area contributed by atoms with Crippen molar-refractivity contribution in [3.8, 4) is 0 Å². The maximum absolute atomic E-state index is 11.2. The van der Waals surface area contributed by atoms with Gasteiger partial charge < -0.3 is 10.2 Å². The van der Waals surface area contributed by atoms with E-state index in [0.717, 1.165) is 6.08 Å². The number of carbonyl (C=O) groups excluding carboxylic acids is 1. The second kappa shape index (κ2) is 3.13. The van der Waals surface area contributed by atoms with Gasteiger partial charge in [-0.3, -0.25) is 4.79 Å². The van der Waals surface area contributed by atoms with Gasteiger partial charge in [0.15, 0.2) is 5.54 Å². The third-order valence-electron chi connectivity index (χ3n) is 2.14. The standard InChI is InChI=1S/C8H9NO5/c1-8(6(11)12)4-2-3-5(10)9(8)7(13)14/h2-3H,4H2,1H3,(H,11,12)(H,13,14)/t8-/m0/s1. The van der Waals surface area contributed by atoms with Crippen molar-refractivity contribution >= 4 is 18.0 Å². The van der Waals surface area contributed by atoms with Crippen molar-refractivity contribution in [3.63, 3.8) is 0 Å². The van der Waals surface area contributed by atoms with Crippen LogP contribution in [0.4, 0.5) is 4.79 Å². The van der Waals surface area contributed by atoms with Gasteiger partial charge in [-0.05, 0) is 13.0 Å². The van der Waals surface area contributed by atoms with Crippen LogP contribution < -0.4 is 0 Å². The van der Waals surface area contributed by atoms with Gasteiger partial charge in [-0.1, -0.05) is 6.08 Å². The van der Waals surface area contributed by atoms with Crippen LogP contribution in [0.1, 0.15) is 13.3 Å². The van der Waals surface area contributed by atoms with Crippen LogP contribution in [0.3, 0.4) is 0 Å². The summed E-state index contributed by atoms with van der Waals surface area (Å²) in [6.07, 6.45) is 0.846. The van der Waals surface area contributed by atoms with Crippen LogP contribution in [0.2, 0.25) is 0 Å². The molecule has 0 fully saturated rings. The molecule has 0 bridgehead atoms. The summed E-state index contributed by atoms with van der Waals surface area (Å²) < 4.78 is 0. The molecule has 1 atom stereocenters. The Labute approximate surface area is 79.4 Å². The molecule has 0 spiro atoms. The van der Waals surface area contributed by atoms with Gasteiger partial charge >= 0.3 is 12.1 Å². The lowest BCUT2D eigenvalue weighted by molar-refractivity contribution is -0.154. The van der Waals surface area contributed by atoms with Gasteiger partial charge in [-0.25, -0.2) is 14.5 Å². The fraction of sp³-hybridized carbons (Fsp3) is 0.375. The summed E-state index contributed by atoms with van der Waals surface area (Å²) in [5, 5.41) is 17.5. The van der Waals surface area contributed by atoms with Crippen molar-refractivity contribution < 1.29 is 24.6 Å². The first-order valence-electron chi connectivity index (χ1n) is 3.86. The molecule has 0 saturated heterocycles. The number of carboxylic acids is 1. The monoisotopic (exact) mass is 199 g/mol. The van der Waals surface area contributed by atoms with Gasteiger partial charge in [0.1, 0.15) is 0 Å². The molecule has 1 aliphatic rings. The SMILES string of the molecule is C[C@@]1(C(=O)O)CC=CC(=O)N1C(=O)O. The van der Waals surface area contributed by atoms with Gasteiger partial charge in [0.25, 0.3) is 5.91 Å². The molecule has 1 aliphatic heterocycles. The van der Waals surface area contributed by atoms with Crippen LogP contribution in [0, 0.1) is 0 Å². The summed E-state index contributed by atoms with van der Waals surface area (Å²) in [5.41, 5.74) is -1.70. The normalized spacial score (nSPS) is 26.4. The molecule has 2 amide bonds. The Bertz CT molecular complexity index is 335. The molecule has 2 N–H and O–H groups in total. The Hall–Kier alpha value is -1.85. The first-order chi connectivity index (χ1) is 6.39. The second-order valence-corrected chi connectivity index (χ2v) is 3.14. The second-order valence-electron chi connectivity index (χ2n) is 3.14. The predicted molar refractivity (Wildman–Crippen MR) is 44.7 cm³/mol. The molecule has 0 aromatic heterocycles. The molecule has 0 aromatic rings. The zero-order valence-corrected chi connectivity index (χ0v) is 7.43. The van der Waals surface area contributed by atoms with E-state index in [1.54, 1.807) is 0 Å². The van der Waals surface area contributed by atoms with Gasteiger partial charge in [-0.15, -0.1) is 0 Å². The number of amides is 2. The Kier molecular flexibility index (Phi) is 2.29. The number of hydrogen-bond donors (Lipinski definition) is 2. The van der Waals surface area contributed by atoms with E-state index in [0.29, 0.717) is 4.90 Å². The molecular formula is C8H9NO5. The summed E-state index contributed by atoms with van der Waals surface area (Å²) in [5.74, 6) is -2.16.